The zero-order valence-electron chi connectivity index (χ0n) is 13.0. The molecule has 0 aliphatic heterocycles. The van der Waals surface area contributed by atoms with Gasteiger partial charge in [-0.05, 0) is 51.4 Å². The van der Waals surface area contributed by atoms with E-state index in [-0.39, 0.29) is 0 Å². The van der Waals surface area contributed by atoms with Crippen molar-refractivity contribution in [3.8, 4) is 0 Å². The molecule has 20 heavy (non-hydrogen) atoms. The van der Waals surface area contributed by atoms with Crippen molar-refractivity contribution >= 4 is 0 Å². The van der Waals surface area contributed by atoms with Crippen LogP contribution in [0.5, 0.6) is 0 Å². The number of nitrogens with zero attached hydrogens (tertiary/aromatic N) is 1. The highest BCUT2D eigenvalue weighted by Crippen LogP contribution is 2.17. The first-order valence-corrected chi connectivity index (χ1v) is 8.30. The molecule has 1 aliphatic carbocycles. The lowest BCUT2D eigenvalue weighted by molar-refractivity contribution is 0.317. The van der Waals surface area contributed by atoms with Gasteiger partial charge in [-0.3, -0.25) is 0 Å². The fraction of sp³-hybridized carbons (Fsp3) is 0.667. The van der Waals surface area contributed by atoms with E-state index in [4.69, 9.17) is 0 Å². The van der Waals surface area contributed by atoms with Gasteiger partial charge >= 0.3 is 0 Å². The van der Waals surface area contributed by atoms with Crippen molar-refractivity contribution < 1.29 is 0 Å². The Morgan fingerprint density at radius 1 is 1.05 bits per heavy atom. The molecule has 2 heteroatoms. The molecule has 112 valence electrons. The fourth-order valence-corrected chi connectivity index (χ4v) is 3.04. The second kappa shape index (κ2) is 9.15. The Kier molecular flexibility index (Phi) is 7.10. The largest absolute Gasteiger partial charge is 0.314 e. The van der Waals surface area contributed by atoms with Gasteiger partial charge in [0.2, 0.25) is 0 Å². The summed E-state index contributed by atoms with van der Waals surface area (Å²) in [6.07, 6.45) is 9.51. The third-order valence-electron chi connectivity index (χ3n) is 4.38. The Labute approximate surface area is 124 Å². The Morgan fingerprint density at radius 3 is 2.55 bits per heavy atom. The Morgan fingerprint density at radius 2 is 1.80 bits per heavy atom. The molecule has 0 spiro atoms. The summed E-state index contributed by atoms with van der Waals surface area (Å²) in [7, 11) is 2.24. The topological polar surface area (TPSA) is 15.3 Å². The van der Waals surface area contributed by atoms with Gasteiger partial charge in [-0.2, -0.15) is 0 Å². The number of hydrogen-bond donors (Lipinski definition) is 1. The van der Waals surface area contributed by atoms with E-state index in [1.807, 2.05) is 0 Å². The monoisotopic (exact) mass is 274 g/mol. The molecule has 1 fully saturated rings. The van der Waals surface area contributed by atoms with Crippen LogP contribution in [0.4, 0.5) is 0 Å². The molecule has 1 saturated carbocycles. The van der Waals surface area contributed by atoms with Crippen LogP contribution in [-0.4, -0.2) is 37.6 Å². The average molecular weight is 274 g/mol. The van der Waals surface area contributed by atoms with E-state index in [0.717, 1.165) is 19.0 Å². The van der Waals surface area contributed by atoms with Crippen LogP contribution in [0.15, 0.2) is 30.3 Å². The SMILES string of the molecule is CN(CCCNC1CCCCC1)CCc1ccccc1. The maximum absolute atomic E-state index is 3.72. The van der Waals surface area contributed by atoms with Crippen molar-refractivity contribution in [2.45, 2.75) is 51.0 Å². The molecule has 0 amide bonds. The molecular formula is C18H30N2. The maximum Gasteiger partial charge on any atom is 0.00670 e. The lowest BCUT2D eigenvalue weighted by Gasteiger charge is -2.23. The molecule has 0 saturated heterocycles. The maximum atomic E-state index is 3.72. The molecule has 0 unspecified atom stereocenters. The molecule has 0 aromatic heterocycles. The number of nitrogens with one attached hydrogen (secondary N) is 1. The van der Waals surface area contributed by atoms with E-state index >= 15 is 0 Å². The van der Waals surface area contributed by atoms with E-state index < -0.39 is 0 Å². The third-order valence-corrected chi connectivity index (χ3v) is 4.38. The van der Waals surface area contributed by atoms with Gasteiger partial charge in [-0.15, -0.1) is 0 Å². The predicted molar refractivity (Wildman–Crippen MR) is 87.1 cm³/mol. The lowest BCUT2D eigenvalue weighted by atomic mass is 9.95. The quantitative estimate of drug-likeness (QED) is 0.730. The van der Waals surface area contributed by atoms with E-state index in [9.17, 15) is 0 Å². The van der Waals surface area contributed by atoms with Crippen molar-refractivity contribution in [3.05, 3.63) is 35.9 Å². The average Bonchev–Trinajstić information content (AvgIpc) is 2.52. The second-order valence-electron chi connectivity index (χ2n) is 6.18. The van der Waals surface area contributed by atoms with Crippen LogP contribution >= 0.6 is 0 Å². The first-order chi connectivity index (χ1) is 9.84. The van der Waals surface area contributed by atoms with Crippen LogP contribution in [0.25, 0.3) is 0 Å². The zero-order chi connectivity index (χ0) is 14.0. The van der Waals surface area contributed by atoms with Crippen molar-refractivity contribution in [1.82, 2.24) is 10.2 Å². The van der Waals surface area contributed by atoms with Crippen molar-refractivity contribution in [2.24, 2.45) is 0 Å². The molecule has 0 radical (unpaired) electrons. The molecular weight excluding hydrogens is 244 g/mol. The highest BCUT2D eigenvalue weighted by Gasteiger charge is 2.11. The van der Waals surface area contributed by atoms with E-state index in [1.54, 1.807) is 0 Å². The molecule has 2 rings (SSSR count). The van der Waals surface area contributed by atoms with E-state index in [1.165, 1.54) is 57.2 Å². The van der Waals surface area contributed by atoms with Crippen LogP contribution in [0.2, 0.25) is 0 Å². The fourth-order valence-electron chi connectivity index (χ4n) is 3.04. The summed E-state index contributed by atoms with van der Waals surface area (Å²) in [5.74, 6) is 0. The highest BCUT2D eigenvalue weighted by atomic mass is 15.1. The third kappa shape index (κ3) is 6.06. The van der Waals surface area contributed by atoms with Gasteiger partial charge in [-0.25, -0.2) is 0 Å². The summed E-state index contributed by atoms with van der Waals surface area (Å²) in [6.45, 7) is 3.54. The number of hydrogen-bond acceptors (Lipinski definition) is 2. The van der Waals surface area contributed by atoms with Crippen LogP contribution in [-0.2, 0) is 6.42 Å². The Bertz CT molecular complexity index is 344. The normalized spacial score (nSPS) is 16.7. The second-order valence-corrected chi connectivity index (χ2v) is 6.18. The summed E-state index contributed by atoms with van der Waals surface area (Å²) in [5.41, 5.74) is 1.44. The summed E-state index contributed by atoms with van der Waals surface area (Å²) in [5, 5.41) is 3.72. The molecule has 0 bridgehead atoms. The summed E-state index contributed by atoms with van der Waals surface area (Å²) in [4.78, 5) is 2.45. The van der Waals surface area contributed by atoms with Gasteiger partial charge in [0, 0.05) is 12.6 Å². The Hall–Kier alpha value is -0.860. The first-order valence-electron chi connectivity index (χ1n) is 8.30. The number of benzene rings is 1. The van der Waals surface area contributed by atoms with Gasteiger partial charge in [0.05, 0.1) is 0 Å². The van der Waals surface area contributed by atoms with Gasteiger partial charge in [0.15, 0.2) is 0 Å². The van der Waals surface area contributed by atoms with Crippen LogP contribution in [0.3, 0.4) is 0 Å². The first kappa shape index (κ1) is 15.5. The van der Waals surface area contributed by atoms with E-state index in [0.29, 0.717) is 0 Å². The van der Waals surface area contributed by atoms with Gasteiger partial charge in [0.1, 0.15) is 0 Å². The van der Waals surface area contributed by atoms with Gasteiger partial charge in [-0.1, -0.05) is 49.6 Å². The standard InChI is InChI=1S/C18H30N2/c1-20(16-13-17-9-4-2-5-10-17)15-8-14-19-18-11-6-3-7-12-18/h2,4-5,9-10,18-19H,3,6-8,11-16H2,1H3. The summed E-state index contributed by atoms with van der Waals surface area (Å²) >= 11 is 0. The van der Waals surface area contributed by atoms with E-state index in [2.05, 4.69) is 47.6 Å². The molecule has 1 aromatic carbocycles. The minimum atomic E-state index is 0.804. The molecule has 1 N–H and O–H groups in total. The number of likely N-dealkylation sites (N-methyl/N-ethyl adjacent to an activating group) is 1. The predicted octanol–water partition coefficient (Wildman–Crippen LogP) is 3.47. The van der Waals surface area contributed by atoms with Gasteiger partial charge in [0.25, 0.3) is 0 Å². The highest BCUT2D eigenvalue weighted by molar-refractivity contribution is 5.14. The van der Waals surface area contributed by atoms with Crippen molar-refractivity contribution in [2.75, 3.05) is 26.7 Å². The molecule has 0 atom stereocenters. The smallest absolute Gasteiger partial charge is 0.00670 e. The molecule has 1 aliphatic rings. The molecule has 2 nitrogen and oxygen atoms in total. The minimum absolute atomic E-state index is 0.804. The van der Waals surface area contributed by atoms with Crippen molar-refractivity contribution in [1.29, 1.82) is 0 Å². The summed E-state index contributed by atoms with van der Waals surface area (Å²) < 4.78 is 0. The van der Waals surface area contributed by atoms with Crippen LogP contribution in [0.1, 0.15) is 44.1 Å². The zero-order valence-corrected chi connectivity index (χ0v) is 13.0. The van der Waals surface area contributed by atoms with Crippen LogP contribution in [0, 0.1) is 0 Å². The molecule has 1 aromatic rings. The Balaban J connectivity index is 1.50. The number of rotatable bonds is 8. The summed E-state index contributed by atoms with van der Waals surface area (Å²) in [6, 6.07) is 11.6. The van der Waals surface area contributed by atoms with Gasteiger partial charge < -0.3 is 10.2 Å². The minimum Gasteiger partial charge on any atom is -0.314 e. The van der Waals surface area contributed by atoms with Crippen LogP contribution < -0.4 is 5.32 Å². The lowest BCUT2D eigenvalue weighted by Crippen LogP contribution is -2.33. The molecule has 0 heterocycles. The van der Waals surface area contributed by atoms with Crippen molar-refractivity contribution in [3.63, 3.8) is 0 Å².